The van der Waals surface area contributed by atoms with Gasteiger partial charge in [0.25, 0.3) is 0 Å². The van der Waals surface area contributed by atoms with Gasteiger partial charge in [-0.05, 0) is 32.0 Å². The lowest BCUT2D eigenvalue weighted by Crippen LogP contribution is -2.45. The molecule has 0 aliphatic carbocycles. The summed E-state index contributed by atoms with van der Waals surface area (Å²) in [5, 5.41) is 0. The summed E-state index contributed by atoms with van der Waals surface area (Å²) >= 11 is 0. The quantitative estimate of drug-likeness (QED) is 0.825. The molecule has 0 bridgehead atoms. The topological polar surface area (TPSA) is 61.5 Å². The number of piperazine rings is 1. The number of benzene rings is 1. The molecular weight excluding hydrogens is 336 g/mol. The molecule has 2 aliphatic heterocycles. The highest BCUT2D eigenvalue weighted by Crippen LogP contribution is 2.29. The van der Waals surface area contributed by atoms with Crippen LogP contribution in [-0.4, -0.2) is 48.1 Å². The van der Waals surface area contributed by atoms with E-state index in [9.17, 15) is 0 Å². The van der Waals surface area contributed by atoms with E-state index in [1.54, 1.807) is 0 Å². The van der Waals surface area contributed by atoms with Crippen LogP contribution in [0.25, 0.3) is 0 Å². The summed E-state index contributed by atoms with van der Waals surface area (Å²) in [5.74, 6) is 2.21. The number of hydrogen-bond donors (Lipinski definition) is 1. The van der Waals surface area contributed by atoms with Crippen LogP contribution >= 0.6 is 0 Å². The molecule has 0 radical (unpaired) electrons. The average Bonchev–Trinajstić information content (AvgIpc) is 3.12. The third-order valence-electron chi connectivity index (χ3n) is 5.04. The van der Waals surface area contributed by atoms with E-state index in [2.05, 4.69) is 62.0 Å². The minimum atomic E-state index is 0.354. The fourth-order valence-corrected chi connectivity index (χ4v) is 3.29. The number of likely N-dealkylation sites (N-methyl/N-ethyl adjacent to an activating group) is 1. The number of fused-ring (bicyclic) bond motifs is 1. The minimum absolute atomic E-state index is 0.354. The van der Waals surface area contributed by atoms with Crippen molar-refractivity contribution in [2.24, 2.45) is 0 Å². The molecule has 0 spiro atoms. The van der Waals surface area contributed by atoms with Crippen LogP contribution in [0, 0.1) is 0 Å². The van der Waals surface area contributed by atoms with Crippen molar-refractivity contribution in [1.82, 2.24) is 14.9 Å². The molecule has 1 aromatic heterocycles. The van der Waals surface area contributed by atoms with E-state index >= 15 is 0 Å². The van der Waals surface area contributed by atoms with Crippen molar-refractivity contribution in [3.05, 3.63) is 53.6 Å². The second-order valence-electron chi connectivity index (χ2n) is 7.02. The van der Waals surface area contributed by atoms with Crippen molar-refractivity contribution in [2.75, 3.05) is 48.8 Å². The Labute approximate surface area is 162 Å². The Morgan fingerprint density at radius 3 is 1.89 bits per heavy atom. The Kier molecular flexibility index (Phi) is 6.29. The fourth-order valence-electron chi connectivity index (χ4n) is 3.29. The molecule has 3 heterocycles. The Balaban J connectivity index is 0.000000481. The van der Waals surface area contributed by atoms with Gasteiger partial charge in [-0.25, -0.2) is 0 Å². The number of rotatable bonds is 2. The lowest BCUT2D eigenvalue weighted by atomic mass is 10.1. The van der Waals surface area contributed by atoms with Crippen LogP contribution in [0.5, 0.6) is 0 Å². The van der Waals surface area contributed by atoms with Gasteiger partial charge >= 0.3 is 0 Å². The summed E-state index contributed by atoms with van der Waals surface area (Å²) in [4.78, 5) is 15.8. The minimum Gasteiger partial charge on any atom is -0.368 e. The monoisotopic (exact) mass is 366 g/mol. The zero-order valence-electron chi connectivity index (χ0n) is 16.6. The van der Waals surface area contributed by atoms with E-state index in [1.165, 1.54) is 11.1 Å². The van der Waals surface area contributed by atoms with E-state index in [0.717, 1.165) is 50.9 Å². The van der Waals surface area contributed by atoms with Gasteiger partial charge in [-0.2, -0.15) is 9.97 Å². The molecule has 27 heavy (non-hydrogen) atoms. The van der Waals surface area contributed by atoms with E-state index in [-0.39, 0.29) is 0 Å². The van der Waals surface area contributed by atoms with Gasteiger partial charge in [-0.1, -0.05) is 36.4 Å². The number of aromatic nitrogens is 2. The number of nitrogen functional groups attached to an aromatic ring is 1. The molecule has 0 unspecified atom stereocenters. The molecule has 2 aliphatic rings. The molecule has 2 aromatic rings. The van der Waals surface area contributed by atoms with Gasteiger partial charge in [-0.15, -0.1) is 0 Å². The molecular formula is C21H30N6. The maximum absolute atomic E-state index is 5.98. The van der Waals surface area contributed by atoms with Gasteiger partial charge in [0.15, 0.2) is 0 Å². The maximum atomic E-state index is 5.98. The van der Waals surface area contributed by atoms with Crippen LogP contribution in [0.1, 0.15) is 25.0 Å². The normalized spacial score (nSPS) is 17.0. The van der Waals surface area contributed by atoms with Gasteiger partial charge < -0.3 is 20.4 Å². The SMILES string of the molecule is C/C=C\C.CN1CCN(c2cc(N3Cc4ccccc4C3)nc(N)n2)CC1. The third-order valence-corrected chi connectivity index (χ3v) is 5.04. The van der Waals surface area contributed by atoms with Crippen LogP contribution in [-0.2, 0) is 13.1 Å². The predicted octanol–water partition coefficient (Wildman–Crippen LogP) is 2.91. The molecule has 4 rings (SSSR count). The number of allylic oxidation sites excluding steroid dienone is 2. The first-order chi connectivity index (χ1) is 13.1. The molecule has 6 nitrogen and oxygen atoms in total. The molecule has 0 amide bonds. The number of anilines is 3. The highest BCUT2D eigenvalue weighted by atomic mass is 15.3. The predicted molar refractivity (Wildman–Crippen MR) is 113 cm³/mol. The van der Waals surface area contributed by atoms with Crippen molar-refractivity contribution in [3.63, 3.8) is 0 Å². The molecule has 0 saturated carbocycles. The molecule has 144 valence electrons. The summed E-state index contributed by atoms with van der Waals surface area (Å²) in [5.41, 5.74) is 8.71. The van der Waals surface area contributed by atoms with Crippen LogP contribution in [0.15, 0.2) is 42.5 Å². The van der Waals surface area contributed by atoms with Gasteiger partial charge in [0, 0.05) is 45.3 Å². The van der Waals surface area contributed by atoms with Crippen molar-refractivity contribution < 1.29 is 0 Å². The summed E-state index contributed by atoms with van der Waals surface area (Å²) in [7, 11) is 2.15. The summed E-state index contributed by atoms with van der Waals surface area (Å²) in [6.07, 6.45) is 4.00. The Morgan fingerprint density at radius 1 is 0.852 bits per heavy atom. The second-order valence-corrected chi connectivity index (χ2v) is 7.02. The summed E-state index contributed by atoms with van der Waals surface area (Å²) < 4.78 is 0. The van der Waals surface area contributed by atoms with Crippen LogP contribution < -0.4 is 15.5 Å². The van der Waals surface area contributed by atoms with E-state index in [1.807, 2.05) is 26.0 Å². The first-order valence-electron chi connectivity index (χ1n) is 9.57. The Hall–Kier alpha value is -2.60. The molecule has 0 atom stereocenters. The molecule has 1 fully saturated rings. The summed E-state index contributed by atoms with van der Waals surface area (Å²) in [6, 6.07) is 10.6. The highest BCUT2D eigenvalue weighted by molar-refractivity contribution is 5.56. The highest BCUT2D eigenvalue weighted by Gasteiger charge is 2.22. The number of nitrogens with zero attached hydrogens (tertiary/aromatic N) is 5. The van der Waals surface area contributed by atoms with Crippen molar-refractivity contribution in [2.45, 2.75) is 26.9 Å². The second kappa shape index (κ2) is 8.86. The lowest BCUT2D eigenvalue weighted by molar-refractivity contribution is 0.312. The van der Waals surface area contributed by atoms with Crippen molar-refractivity contribution in [3.8, 4) is 0 Å². The first kappa shape index (κ1) is 19.2. The van der Waals surface area contributed by atoms with Crippen LogP contribution in [0.2, 0.25) is 0 Å². The number of nitrogens with two attached hydrogens (primary N) is 1. The average molecular weight is 367 g/mol. The Morgan fingerprint density at radius 2 is 1.37 bits per heavy atom. The van der Waals surface area contributed by atoms with Crippen molar-refractivity contribution in [1.29, 1.82) is 0 Å². The number of hydrogen-bond acceptors (Lipinski definition) is 6. The molecule has 1 aromatic carbocycles. The molecule has 6 heteroatoms. The maximum Gasteiger partial charge on any atom is 0.223 e. The fraction of sp³-hybridized carbons (Fsp3) is 0.429. The van der Waals surface area contributed by atoms with E-state index < -0.39 is 0 Å². The zero-order valence-corrected chi connectivity index (χ0v) is 16.6. The molecule has 2 N–H and O–H groups in total. The standard InChI is InChI=1S/C17H22N6.C4H8/c1-21-6-8-22(9-7-21)15-10-16(20-17(18)19-15)23-11-13-4-2-3-5-14(13)12-23;1-3-4-2/h2-5,10H,6-9,11-12H2,1H3,(H2,18,19,20);3-4H,1-2H3/b;4-3-. The van der Waals surface area contributed by atoms with Gasteiger partial charge in [0.1, 0.15) is 11.6 Å². The van der Waals surface area contributed by atoms with Crippen molar-refractivity contribution >= 4 is 17.6 Å². The van der Waals surface area contributed by atoms with Gasteiger partial charge in [0.05, 0.1) is 0 Å². The van der Waals surface area contributed by atoms with Gasteiger partial charge in [-0.3, -0.25) is 0 Å². The smallest absolute Gasteiger partial charge is 0.223 e. The zero-order chi connectivity index (χ0) is 19.2. The van der Waals surface area contributed by atoms with Gasteiger partial charge in [0.2, 0.25) is 5.95 Å². The van der Waals surface area contributed by atoms with E-state index in [4.69, 9.17) is 5.73 Å². The van der Waals surface area contributed by atoms with Crippen LogP contribution in [0.4, 0.5) is 17.6 Å². The first-order valence-corrected chi connectivity index (χ1v) is 9.57. The molecule has 1 saturated heterocycles. The van der Waals surface area contributed by atoms with E-state index in [0.29, 0.717) is 5.95 Å². The van der Waals surface area contributed by atoms with Crippen LogP contribution in [0.3, 0.4) is 0 Å². The third kappa shape index (κ3) is 4.77. The Bertz CT molecular complexity index is 751. The lowest BCUT2D eigenvalue weighted by Gasteiger charge is -2.33. The largest absolute Gasteiger partial charge is 0.368 e. The summed E-state index contributed by atoms with van der Waals surface area (Å²) in [6.45, 7) is 9.83.